The van der Waals surface area contributed by atoms with Gasteiger partial charge in [0, 0.05) is 0 Å². The Morgan fingerprint density at radius 3 is 2.65 bits per heavy atom. The second-order valence-corrected chi connectivity index (χ2v) is 5.83. The number of fused-ring (bicyclic) bond motifs is 1. The summed E-state index contributed by atoms with van der Waals surface area (Å²) in [5.74, 6) is 1.18. The zero-order valence-corrected chi connectivity index (χ0v) is 13.3. The van der Waals surface area contributed by atoms with Crippen LogP contribution in [0.4, 0.5) is 5.69 Å². The van der Waals surface area contributed by atoms with Gasteiger partial charge in [-0.1, -0.05) is 12.1 Å². The van der Waals surface area contributed by atoms with Gasteiger partial charge < -0.3 is 4.74 Å². The van der Waals surface area contributed by atoms with Crippen LogP contribution in [0.15, 0.2) is 34.4 Å². The fourth-order valence-corrected chi connectivity index (χ4v) is 3.22. The summed E-state index contributed by atoms with van der Waals surface area (Å²) in [7, 11) is 1.59. The van der Waals surface area contributed by atoms with Crippen LogP contribution in [0.25, 0.3) is 10.2 Å². The number of hydrogen-bond donors (Lipinski definition) is 0. The average molecular weight is 331 g/mol. The Labute approximate surface area is 134 Å². The number of thiophene rings is 1. The molecule has 118 valence electrons. The Balaban J connectivity index is 2.07. The molecule has 0 saturated heterocycles. The van der Waals surface area contributed by atoms with Gasteiger partial charge in [-0.05, 0) is 24.6 Å². The van der Waals surface area contributed by atoms with Gasteiger partial charge in [-0.15, -0.1) is 11.3 Å². The quantitative estimate of drug-likeness (QED) is 0.542. The maximum atomic E-state index is 12.6. The first kappa shape index (κ1) is 15.2. The highest BCUT2D eigenvalue weighted by Gasteiger charge is 2.20. The largest absolute Gasteiger partial charge is 0.497 e. The summed E-state index contributed by atoms with van der Waals surface area (Å²) in [5, 5.41) is 12.3. The van der Waals surface area contributed by atoms with E-state index in [0.717, 1.165) is 22.6 Å². The summed E-state index contributed by atoms with van der Waals surface area (Å²) in [5.41, 5.74) is 0.694. The number of methoxy groups -OCH3 is 1. The van der Waals surface area contributed by atoms with E-state index in [1.165, 1.54) is 9.95 Å². The summed E-state index contributed by atoms with van der Waals surface area (Å²) < 4.78 is 6.93. The van der Waals surface area contributed by atoms with Gasteiger partial charge in [0.15, 0.2) is 5.52 Å². The molecule has 0 aliphatic heterocycles. The normalized spacial score (nSPS) is 10.9. The predicted molar refractivity (Wildman–Crippen MR) is 87.4 cm³/mol. The molecule has 8 heteroatoms. The van der Waals surface area contributed by atoms with Crippen LogP contribution in [0.3, 0.4) is 0 Å². The van der Waals surface area contributed by atoms with Crippen LogP contribution in [0.5, 0.6) is 5.75 Å². The molecule has 3 rings (SSSR count). The van der Waals surface area contributed by atoms with Gasteiger partial charge in [0.2, 0.25) is 0 Å². The molecule has 0 atom stereocenters. The molecule has 7 nitrogen and oxygen atoms in total. The summed E-state index contributed by atoms with van der Waals surface area (Å²) in [6, 6.07) is 7.37. The van der Waals surface area contributed by atoms with Crippen molar-refractivity contribution in [3.63, 3.8) is 0 Å². The van der Waals surface area contributed by atoms with Gasteiger partial charge in [0.25, 0.3) is 5.56 Å². The van der Waals surface area contributed by atoms with E-state index in [2.05, 4.69) is 4.98 Å². The highest BCUT2D eigenvalue weighted by Crippen LogP contribution is 2.28. The first-order valence-electron chi connectivity index (χ1n) is 6.77. The molecule has 0 aliphatic carbocycles. The summed E-state index contributed by atoms with van der Waals surface area (Å²) >= 11 is 1.05. The van der Waals surface area contributed by atoms with E-state index in [1.807, 2.05) is 24.3 Å². The molecule has 0 amide bonds. The molecule has 0 saturated carbocycles. The molecule has 0 aliphatic rings. The first-order valence-corrected chi connectivity index (χ1v) is 7.65. The van der Waals surface area contributed by atoms with Crippen LogP contribution in [-0.2, 0) is 6.54 Å². The molecule has 0 fully saturated rings. The molecule has 2 aromatic heterocycles. The molecule has 0 spiro atoms. The smallest absolute Gasteiger partial charge is 0.306 e. The number of nitrogens with zero attached hydrogens (tertiary/aromatic N) is 3. The Bertz CT molecular complexity index is 944. The van der Waals surface area contributed by atoms with Crippen molar-refractivity contribution in [2.75, 3.05) is 7.11 Å². The number of benzene rings is 1. The minimum Gasteiger partial charge on any atom is -0.497 e. The molecule has 23 heavy (non-hydrogen) atoms. The topological polar surface area (TPSA) is 87.3 Å². The van der Waals surface area contributed by atoms with Crippen LogP contribution in [0.1, 0.15) is 11.4 Å². The second kappa shape index (κ2) is 5.81. The molecule has 1 aromatic carbocycles. The number of aryl methyl sites for hydroxylation is 1. The van der Waals surface area contributed by atoms with Gasteiger partial charge in [-0.2, -0.15) is 0 Å². The van der Waals surface area contributed by atoms with Crippen molar-refractivity contribution in [2.45, 2.75) is 13.5 Å². The molecule has 0 unspecified atom stereocenters. The maximum absolute atomic E-state index is 12.6. The SMILES string of the molecule is COc1ccc(Cn2c(C)nc3c([N+](=O)[O-])csc3c2=O)cc1. The van der Waals surface area contributed by atoms with E-state index < -0.39 is 4.92 Å². The Morgan fingerprint density at radius 1 is 1.35 bits per heavy atom. The molecule has 0 radical (unpaired) electrons. The maximum Gasteiger partial charge on any atom is 0.306 e. The van der Waals surface area contributed by atoms with Crippen molar-refractivity contribution < 1.29 is 9.66 Å². The standard InChI is InChI=1S/C15H13N3O4S/c1-9-16-13-12(18(20)21)8-23-14(13)15(19)17(9)7-10-3-5-11(22-2)6-4-10/h3-6,8H,7H2,1-2H3. The highest BCUT2D eigenvalue weighted by molar-refractivity contribution is 7.17. The minimum atomic E-state index is -0.515. The van der Waals surface area contributed by atoms with Crippen LogP contribution >= 0.6 is 11.3 Å². The Hall–Kier alpha value is -2.74. The predicted octanol–water partition coefficient (Wildman–Crippen LogP) is 2.73. The van der Waals surface area contributed by atoms with Crippen molar-refractivity contribution in [3.05, 3.63) is 61.5 Å². The fraction of sp³-hybridized carbons (Fsp3) is 0.200. The van der Waals surface area contributed by atoms with E-state index in [4.69, 9.17) is 4.74 Å². The van der Waals surface area contributed by atoms with Crippen LogP contribution in [0.2, 0.25) is 0 Å². The Kier molecular flexibility index (Phi) is 3.83. The minimum absolute atomic E-state index is 0.123. The van der Waals surface area contributed by atoms with Crippen molar-refractivity contribution in [1.29, 1.82) is 0 Å². The molecular formula is C15H13N3O4S. The average Bonchev–Trinajstić information content (AvgIpc) is 2.96. The third-order valence-electron chi connectivity index (χ3n) is 3.55. The van der Waals surface area contributed by atoms with E-state index >= 15 is 0 Å². The second-order valence-electron chi connectivity index (χ2n) is 4.95. The lowest BCUT2D eigenvalue weighted by atomic mass is 10.2. The number of rotatable bonds is 4. The van der Waals surface area contributed by atoms with Crippen molar-refractivity contribution in [1.82, 2.24) is 9.55 Å². The lowest BCUT2D eigenvalue weighted by molar-refractivity contribution is -0.382. The number of hydrogen-bond acceptors (Lipinski definition) is 6. The molecule has 3 aromatic rings. The summed E-state index contributed by atoms with van der Waals surface area (Å²) in [6.07, 6.45) is 0. The van der Waals surface area contributed by atoms with Gasteiger partial charge in [-0.3, -0.25) is 19.5 Å². The zero-order chi connectivity index (χ0) is 16.6. The van der Waals surface area contributed by atoms with Crippen LogP contribution in [0, 0.1) is 17.0 Å². The van der Waals surface area contributed by atoms with Gasteiger partial charge >= 0.3 is 5.69 Å². The van der Waals surface area contributed by atoms with Crippen LogP contribution < -0.4 is 10.3 Å². The van der Waals surface area contributed by atoms with Gasteiger partial charge in [0.1, 0.15) is 16.3 Å². The summed E-state index contributed by atoms with van der Waals surface area (Å²) in [4.78, 5) is 27.3. The molecule has 2 heterocycles. The highest BCUT2D eigenvalue weighted by atomic mass is 32.1. The lowest BCUT2D eigenvalue weighted by Crippen LogP contribution is -2.23. The molecule has 0 N–H and O–H groups in total. The van der Waals surface area contributed by atoms with Crippen molar-refractivity contribution in [3.8, 4) is 5.75 Å². The summed E-state index contributed by atoms with van der Waals surface area (Å²) in [6.45, 7) is 2.02. The van der Waals surface area contributed by atoms with Gasteiger partial charge in [-0.25, -0.2) is 4.98 Å². The van der Waals surface area contributed by atoms with Crippen molar-refractivity contribution >= 4 is 27.2 Å². The van der Waals surface area contributed by atoms with Crippen molar-refractivity contribution in [2.24, 2.45) is 0 Å². The van der Waals surface area contributed by atoms with Crippen LogP contribution in [-0.4, -0.2) is 21.6 Å². The molecular weight excluding hydrogens is 318 g/mol. The number of nitro groups is 1. The number of ether oxygens (including phenoxy) is 1. The lowest BCUT2D eigenvalue weighted by Gasteiger charge is -2.09. The third-order valence-corrected chi connectivity index (χ3v) is 4.49. The number of aromatic nitrogens is 2. The van der Waals surface area contributed by atoms with E-state index in [1.54, 1.807) is 14.0 Å². The van der Waals surface area contributed by atoms with Gasteiger partial charge in [0.05, 0.1) is 24.0 Å². The first-order chi connectivity index (χ1) is 11.0. The van der Waals surface area contributed by atoms with E-state index in [0.29, 0.717) is 17.1 Å². The van der Waals surface area contributed by atoms with E-state index in [-0.39, 0.29) is 16.8 Å². The fourth-order valence-electron chi connectivity index (χ4n) is 2.32. The molecule has 0 bridgehead atoms. The van der Waals surface area contributed by atoms with E-state index in [9.17, 15) is 14.9 Å². The third kappa shape index (κ3) is 2.68. The Morgan fingerprint density at radius 2 is 2.04 bits per heavy atom. The monoisotopic (exact) mass is 331 g/mol. The zero-order valence-electron chi connectivity index (χ0n) is 12.5.